The van der Waals surface area contributed by atoms with E-state index in [-0.39, 0.29) is 48.8 Å². The van der Waals surface area contributed by atoms with Crippen LogP contribution in [0, 0.1) is 33.8 Å². The molecule has 4 heteroatoms. The summed E-state index contributed by atoms with van der Waals surface area (Å²) in [5.74, 6) is 0.560. The minimum atomic E-state index is 0. The Morgan fingerprint density at radius 1 is 0.871 bits per heavy atom. The average Bonchev–Trinajstić information content (AvgIpc) is 3.18. The summed E-state index contributed by atoms with van der Waals surface area (Å²) in [5, 5.41) is 2.69. The summed E-state index contributed by atoms with van der Waals surface area (Å²) in [4.78, 5) is 0. The number of aryl methyl sites for hydroxylation is 1. The van der Waals surface area contributed by atoms with E-state index in [1.54, 1.807) is 0 Å². The maximum absolute atomic E-state index is 3.36. The first-order valence-corrected chi connectivity index (χ1v) is 13.4. The van der Waals surface area contributed by atoms with Crippen molar-refractivity contribution in [1.82, 2.24) is 0 Å². The van der Waals surface area contributed by atoms with Crippen molar-refractivity contribution in [3.8, 4) is 11.1 Å². The van der Waals surface area contributed by atoms with Gasteiger partial charge in [0, 0.05) is 0 Å². The molecule has 0 nitrogen and oxygen atoms in total. The molecule has 2 radical (unpaired) electrons. The third-order valence-corrected chi connectivity index (χ3v) is 5.22. The van der Waals surface area contributed by atoms with E-state index in [2.05, 4.69) is 108 Å². The molecule has 168 valence electrons. The summed E-state index contributed by atoms with van der Waals surface area (Å²) in [6.45, 7) is 13.9. The molecule has 0 amide bonds. The van der Waals surface area contributed by atoms with E-state index in [0.29, 0.717) is 5.92 Å². The average molecular weight is 638 g/mol. The number of halogens is 2. The van der Waals surface area contributed by atoms with Gasteiger partial charge in [-0.3, -0.25) is 6.08 Å². The van der Waals surface area contributed by atoms with Gasteiger partial charge in [0.2, 0.25) is 0 Å². The molecule has 0 N–H and O–H groups in total. The van der Waals surface area contributed by atoms with Gasteiger partial charge in [-0.05, 0) is 5.56 Å². The van der Waals surface area contributed by atoms with Crippen LogP contribution in [0.15, 0.2) is 77.4 Å². The van der Waals surface area contributed by atoms with E-state index in [9.17, 15) is 0 Å². The molecular weight excluding hydrogens is 603 g/mol. The number of rotatable bonds is 1. The van der Waals surface area contributed by atoms with Crippen LogP contribution in [0.2, 0.25) is 0 Å². The Kier molecular flexibility index (Phi) is 19.4. The molecule has 0 saturated heterocycles. The van der Waals surface area contributed by atoms with Crippen LogP contribution in [-0.4, -0.2) is 6.88 Å². The van der Waals surface area contributed by atoms with Crippen molar-refractivity contribution in [1.29, 1.82) is 0 Å². The Balaban J connectivity index is -0.000000460. The zero-order valence-corrected chi connectivity index (χ0v) is 26.6. The molecule has 3 aromatic carbocycles. The van der Waals surface area contributed by atoms with E-state index in [4.69, 9.17) is 0 Å². The van der Waals surface area contributed by atoms with E-state index >= 15 is 0 Å². The van der Waals surface area contributed by atoms with Crippen molar-refractivity contribution in [2.24, 2.45) is 5.92 Å². The van der Waals surface area contributed by atoms with E-state index in [1.165, 1.54) is 67.5 Å². The molecular formula is C27H34Br2SiZr-4. The number of benzene rings is 2. The zero-order valence-electron chi connectivity index (χ0n) is 19.7. The number of fused-ring (bicyclic) bond motifs is 1. The summed E-state index contributed by atoms with van der Waals surface area (Å²) in [5.41, 5.74) is 8.19. The normalized spacial score (nSPS) is 13.5. The van der Waals surface area contributed by atoms with Crippen LogP contribution < -0.4 is 0 Å². The van der Waals surface area contributed by atoms with Crippen LogP contribution in [0.25, 0.3) is 21.9 Å². The molecule has 31 heavy (non-hydrogen) atoms. The summed E-state index contributed by atoms with van der Waals surface area (Å²) in [6.07, 6.45) is 3.36. The Bertz CT molecular complexity index is 971. The van der Waals surface area contributed by atoms with Gasteiger partial charge in [-0.15, -0.1) is 75.4 Å². The molecule has 4 rings (SSSR count). The standard InChI is InChI=1S/C16H13.C9H13.2CH3.2BrH.Si.Zr/c1-12-10-14-8-5-9-15(16(14)11-12)13-6-3-2-4-7-13;1-6-5-7(2)9(4)8(6)3;;;;;;/h2-11H,1H3;6H,1-4H3;2*1H3;2*1H;;/q4*-1;;;;. The zero-order chi connectivity index (χ0) is 20.0. The number of hydrogen-bond donors (Lipinski definition) is 0. The fourth-order valence-corrected chi connectivity index (χ4v) is 3.42. The van der Waals surface area contributed by atoms with Crippen LogP contribution in [-0.2, 0) is 23.3 Å². The molecule has 1 aliphatic rings. The first-order chi connectivity index (χ1) is 13.0. The molecule has 0 heterocycles. The van der Waals surface area contributed by atoms with E-state index in [1.807, 2.05) is 0 Å². The van der Waals surface area contributed by atoms with E-state index in [0.717, 1.165) is 0 Å². The SMILES string of the molecule is Br.Br.CC1=[C-]C(C)C(C)=C1C.Cc1cc2c(-c3ccccc3)cccc2[cH-]1.[CH3-].[CH3-].[Si]=[Zr]. The van der Waals surface area contributed by atoms with Gasteiger partial charge < -0.3 is 14.9 Å². The monoisotopic (exact) mass is 634 g/mol. The van der Waals surface area contributed by atoms with Crippen LogP contribution in [0.3, 0.4) is 0 Å². The van der Waals surface area contributed by atoms with Gasteiger partial charge in [0.1, 0.15) is 0 Å². The Hall–Kier alpha value is -0.410. The molecule has 0 saturated carbocycles. The molecule has 1 unspecified atom stereocenters. The Morgan fingerprint density at radius 2 is 1.45 bits per heavy atom. The van der Waals surface area contributed by atoms with Crippen LogP contribution >= 0.6 is 34.0 Å². The Morgan fingerprint density at radius 3 is 1.90 bits per heavy atom. The second-order valence-electron chi connectivity index (χ2n) is 7.01. The van der Waals surface area contributed by atoms with Crippen LogP contribution in [0.1, 0.15) is 33.3 Å². The van der Waals surface area contributed by atoms with Crippen LogP contribution in [0.4, 0.5) is 0 Å². The van der Waals surface area contributed by atoms with Gasteiger partial charge in [-0.25, -0.2) is 5.57 Å². The summed E-state index contributed by atoms with van der Waals surface area (Å²) in [7, 11) is 0. The van der Waals surface area contributed by atoms with Gasteiger partial charge in [0.05, 0.1) is 0 Å². The molecule has 3 aromatic rings. The molecule has 1 atom stereocenters. The van der Waals surface area contributed by atoms with Crippen molar-refractivity contribution in [2.45, 2.75) is 34.6 Å². The quantitative estimate of drug-likeness (QED) is 0.185. The van der Waals surface area contributed by atoms with Gasteiger partial charge >= 0.3 is 30.2 Å². The fourth-order valence-electron chi connectivity index (χ4n) is 3.42. The summed E-state index contributed by atoms with van der Waals surface area (Å²) >= 11 is 1.36. The van der Waals surface area contributed by atoms with Crippen molar-refractivity contribution in [3.05, 3.63) is 104 Å². The molecule has 1 aliphatic carbocycles. The maximum atomic E-state index is 3.36. The third kappa shape index (κ3) is 9.16. The summed E-state index contributed by atoms with van der Waals surface area (Å²) < 4.78 is 0. The predicted molar refractivity (Wildman–Crippen MR) is 149 cm³/mol. The predicted octanol–water partition coefficient (Wildman–Crippen LogP) is 8.93. The van der Waals surface area contributed by atoms with E-state index < -0.39 is 0 Å². The third-order valence-electron chi connectivity index (χ3n) is 5.22. The topological polar surface area (TPSA) is 0 Å². The van der Waals surface area contributed by atoms with Gasteiger partial charge in [0.25, 0.3) is 0 Å². The molecule has 0 aliphatic heterocycles. The first-order valence-electron chi connectivity index (χ1n) is 9.21. The number of allylic oxidation sites excluding steroid dienone is 4. The first kappa shape index (κ1) is 35.2. The fraction of sp³-hybridized carbons (Fsp3) is 0.222. The Labute approximate surface area is 228 Å². The van der Waals surface area contributed by atoms with Gasteiger partial charge in [0.15, 0.2) is 0 Å². The van der Waals surface area contributed by atoms with Crippen molar-refractivity contribution < 1.29 is 23.3 Å². The minimum absolute atomic E-state index is 0. The van der Waals surface area contributed by atoms with Crippen molar-refractivity contribution in [3.63, 3.8) is 0 Å². The second-order valence-corrected chi connectivity index (χ2v) is 7.01. The van der Waals surface area contributed by atoms with Crippen molar-refractivity contribution in [2.75, 3.05) is 0 Å². The molecule has 0 spiro atoms. The van der Waals surface area contributed by atoms with Gasteiger partial charge in [-0.1, -0.05) is 75.6 Å². The van der Waals surface area contributed by atoms with Gasteiger partial charge in [-0.2, -0.15) is 17.2 Å². The summed E-state index contributed by atoms with van der Waals surface area (Å²) in [6, 6.07) is 21.6. The van der Waals surface area contributed by atoms with Crippen LogP contribution in [0.5, 0.6) is 0 Å². The molecule has 0 fully saturated rings. The molecule has 0 bridgehead atoms. The molecule has 0 aromatic heterocycles. The van der Waals surface area contributed by atoms with Crippen molar-refractivity contribution >= 4 is 51.6 Å². The second kappa shape index (κ2) is 17.1. The number of hydrogen-bond acceptors (Lipinski definition) is 0.